The van der Waals surface area contributed by atoms with Crippen LogP contribution in [0.2, 0.25) is 0 Å². The van der Waals surface area contributed by atoms with Gasteiger partial charge in [-0.25, -0.2) is 9.13 Å². The van der Waals surface area contributed by atoms with E-state index in [4.69, 9.17) is 37.0 Å². The summed E-state index contributed by atoms with van der Waals surface area (Å²) >= 11 is 0. The van der Waals surface area contributed by atoms with Gasteiger partial charge >= 0.3 is 39.5 Å². The maximum atomic E-state index is 13.2. The van der Waals surface area contributed by atoms with Gasteiger partial charge < -0.3 is 33.8 Å². The highest BCUT2D eigenvalue weighted by Gasteiger charge is 2.30. The zero-order valence-electron chi connectivity index (χ0n) is 69.7. The molecule has 0 rings (SSSR count). The van der Waals surface area contributed by atoms with Gasteiger partial charge in [-0.05, 0) is 37.5 Å². The molecule has 0 radical (unpaired) electrons. The second kappa shape index (κ2) is 78.3. The molecule has 0 aromatic rings. The number of aliphatic hydroxyl groups is 1. The zero-order valence-corrected chi connectivity index (χ0v) is 71.5. The number of aliphatic hydroxyl groups excluding tert-OH is 1. The number of carbonyl (C=O) groups is 4. The Morgan fingerprint density at radius 1 is 0.274 bits per heavy atom. The molecule has 0 saturated carbocycles. The summed E-state index contributed by atoms with van der Waals surface area (Å²) in [6, 6.07) is 0. The van der Waals surface area contributed by atoms with Crippen LogP contribution in [0.5, 0.6) is 0 Å². The van der Waals surface area contributed by atoms with Gasteiger partial charge in [0, 0.05) is 25.7 Å². The maximum Gasteiger partial charge on any atom is 0.472 e. The van der Waals surface area contributed by atoms with Gasteiger partial charge in [-0.1, -0.05) is 414 Å². The van der Waals surface area contributed by atoms with Crippen LogP contribution in [0.1, 0.15) is 465 Å². The van der Waals surface area contributed by atoms with Crippen molar-refractivity contribution >= 4 is 39.5 Å². The van der Waals surface area contributed by atoms with Crippen LogP contribution in [-0.2, 0) is 65.4 Å². The van der Waals surface area contributed by atoms with E-state index in [0.717, 1.165) is 102 Å². The van der Waals surface area contributed by atoms with Gasteiger partial charge in [0.15, 0.2) is 12.2 Å². The molecule has 3 unspecified atom stereocenters. The molecule has 6 atom stereocenters. The van der Waals surface area contributed by atoms with Gasteiger partial charge in [0.2, 0.25) is 0 Å². The highest BCUT2D eigenvalue weighted by atomic mass is 31.2. The van der Waals surface area contributed by atoms with Crippen LogP contribution in [0.3, 0.4) is 0 Å². The highest BCUT2D eigenvalue weighted by Crippen LogP contribution is 2.45. The molecule has 0 heterocycles. The first-order valence-corrected chi connectivity index (χ1v) is 48.0. The van der Waals surface area contributed by atoms with E-state index >= 15 is 0 Å². The van der Waals surface area contributed by atoms with Crippen molar-refractivity contribution in [2.45, 2.75) is 484 Å². The fourth-order valence-corrected chi connectivity index (χ4v) is 15.1. The summed E-state index contributed by atoms with van der Waals surface area (Å²) in [5, 5.41) is 10.7. The first-order chi connectivity index (χ1) is 51.4. The van der Waals surface area contributed by atoms with Crippen LogP contribution in [0.25, 0.3) is 0 Å². The average Bonchev–Trinajstić information content (AvgIpc) is 0.900. The number of unbranched alkanes of at least 4 members (excludes halogenated alkanes) is 55. The van der Waals surface area contributed by atoms with Crippen molar-refractivity contribution in [3.05, 3.63) is 0 Å². The zero-order chi connectivity index (χ0) is 77.8. The number of hydrogen-bond donors (Lipinski definition) is 3. The summed E-state index contributed by atoms with van der Waals surface area (Å²) in [7, 11) is -9.93. The molecule has 0 bridgehead atoms. The normalized spacial score (nSPS) is 14.1. The lowest BCUT2D eigenvalue weighted by Gasteiger charge is -2.21. The molecule has 3 N–H and O–H groups in total. The van der Waals surface area contributed by atoms with E-state index in [0.29, 0.717) is 25.7 Å². The molecule has 0 aliphatic heterocycles. The molecule has 17 nitrogen and oxygen atoms in total. The van der Waals surface area contributed by atoms with Crippen LogP contribution in [0.15, 0.2) is 0 Å². The van der Waals surface area contributed by atoms with Crippen molar-refractivity contribution in [1.82, 2.24) is 0 Å². The number of phosphoric acid groups is 2. The summed E-state index contributed by atoms with van der Waals surface area (Å²) in [5.41, 5.74) is 0. The molecule has 0 aliphatic carbocycles. The van der Waals surface area contributed by atoms with Crippen LogP contribution < -0.4 is 0 Å². The maximum absolute atomic E-state index is 13.2. The minimum absolute atomic E-state index is 0.108. The second-order valence-corrected chi connectivity index (χ2v) is 34.9. The lowest BCUT2D eigenvalue weighted by Crippen LogP contribution is -2.30. The van der Waals surface area contributed by atoms with Gasteiger partial charge in [-0.2, -0.15) is 0 Å². The number of ether oxygens (including phenoxy) is 4. The Bertz CT molecular complexity index is 2030. The second-order valence-electron chi connectivity index (χ2n) is 32.0. The summed E-state index contributed by atoms with van der Waals surface area (Å²) in [6.45, 7) is 9.73. The third-order valence-electron chi connectivity index (χ3n) is 20.8. The highest BCUT2D eigenvalue weighted by molar-refractivity contribution is 7.47. The fourth-order valence-electron chi connectivity index (χ4n) is 13.6. The van der Waals surface area contributed by atoms with Gasteiger partial charge in [-0.15, -0.1) is 0 Å². The standard InChI is InChI=1S/C87H170O17P2/c1-7-10-12-14-16-18-20-22-24-25-26-27-28-29-30-36-40-48-54-60-66-72-87(92)103-82(75-97-84(89)69-63-57-51-45-38-35-32-31-33-37-44-50-56-62-68-80(6)9-3)77-101-105(93,94)99-73-81(88)74-100-106(95,96)102-78-83(76-98-85(90)70-64-58-52-46-42-41-43-49-55-61-67-79(4)5)104-86(91)71-65-59-53-47-39-34-23-21-19-17-15-13-11-8-2/h79-83,88H,7-78H2,1-6H3,(H,93,94)(H,95,96)/t80?,81-,82-,83-/m1/s1. The molecule has 0 amide bonds. The quantitative estimate of drug-likeness (QED) is 0.0222. The number of carbonyl (C=O) groups excluding carboxylic acids is 4. The van der Waals surface area contributed by atoms with Crippen molar-refractivity contribution < 1.29 is 80.2 Å². The molecule has 0 saturated heterocycles. The van der Waals surface area contributed by atoms with Crippen LogP contribution in [-0.4, -0.2) is 96.7 Å². The monoisotopic (exact) mass is 1550 g/mol. The lowest BCUT2D eigenvalue weighted by atomic mass is 9.99. The molecule has 0 aliphatic rings. The lowest BCUT2D eigenvalue weighted by molar-refractivity contribution is -0.161. The van der Waals surface area contributed by atoms with Gasteiger partial charge in [0.05, 0.1) is 26.4 Å². The predicted molar refractivity (Wildman–Crippen MR) is 437 cm³/mol. The third kappa shape index (κ3) is 78.7. The number of hydrogen-bond acceptors (Lipinski definition) is 15. The minimum atomic E-state index is -4.97. The van der Waals surface area contributed by atoms with E-state index in [9.17, 15) is 43.2 Å². The van der Waals surface area contributed by atoms with Crippen molar-refractivity contribution in [2.24, 2.45) is 11.8 Å². The molecule has 19 heteroatoms. The summed E-state index contributed by atoms with van der Waals surface area (Å²) in [6.07, 6.45) is 70.7. The molecule has 106 heavy (non-hydrogen) atoms. The Kier molecular flexibility index (Phi) is 76.9. The first kappa shape index (κ1) is 104. The van der Waals surface area contributed by atoms with Crippen LogP contribution in [0, 0.1) is 11.8 Å². The Labute approximate surface area is 651 Å². The summed E-state index contributed by atoms with van der Waals surface area (Å²) in [5.74, 6) is -0.491. The molecule has 0 fully saturated rings. The summed E-state index contributed by atoms with van der Waals surface area (Å²) in [4.78, 5) is 73.3. The first-order valence-electron chi connectivity index (χ1n) is 45.0. The van der Waals surface area contributed by atoms with Crippen LogP contribution in [0.4, 0.5) is 0 Å². The minimum Gasteiger partial charge on any atom is -0.462 e. The van der Waals surface area contributed by atoms with E-state index in [1.54, 1.807) is 0 Å². The molecule has 0 spiro atoms. The Balaban J connectivity index is 5.25. The SMILES string of the molecule is CCCCCCCCCCCCCCCCCCCCCCCC(=O)O[C@H](COC(=O)CCCCCCCCCCCCCCCCC(C)CC)COP(=O)(O)OC[C@@H](O)COP(=O)(O)OC[C@@H](COC(=O)CCCCCCCCCCCCC(C)C)OC(=O)CCCCCCCCCCCCCCCC. The fraction of sp³-hybridized carbons (Fsp3) is 0.954. The molecular weight excluding hydrogens is 1380 g/mol. The van der Waals surface area contributed by atoms with E-state index < -0.39 is 97.5 Å². The van der Waals surface area contributed by atoms with Gasteiger partial charge in [-0.3, -0.25) is 37.3 Å². The topological polar surface area (TPSA) is 237 Å². The van der Waals surface area contributed by atoms with Gasteiger partial charge in [0.25, 0.3) is 0 Å². The molecule has 630 valence electrons. The van der Waals surface area contributed by atoms with E-state index in [2.05, 4.69) is 41.5 Å². The number of rotatable bonds is 86. The summed E-state index contributed by atoms with van der Waals surface area (Å²) < 4.78 is 69.0. The van der Waals surface area contributed by atoms with E-state index in [1.807, 2.05) is 0 Å². The average molecular weight is 1550 g/mol. The Morgan fingerprint density at radius 3 is 0.717 bits per heavy atom. The van der Waals surface area contributed by atoms with Gasteiger partial charge in [0.1, 0.15) is 19.3 Å². The van der Waals surface area contributed by atoms with Crippen molar-refractivity contribution in [3.8, 4) is 0 Å². The smallest absolute Gasteiger partial charge is 0.462 e. The molecular formula is C87H170O17P2. The third-order valence-corrected chi connectivity index (χ3v) is 22.7. The van der Waals surface area contributed by atoms with Crippen LogP contribution >= 0.6 is 15.6 Å². The Morgan fingerprint density at radius 2 is 0.481 bits per heavy atom. The molecule has 0 aromatic carbocycles. The van der Waals surface area contributed by atoms with Crippen molar-refractivity contribution in [2.75, 3.05) is 39.6 Å². The largest absolute Gasteiger partial charge is 0.472 e. The number of esters is 4. The van der Waals surface area contributed by atoms with Crippen molar-refractivity contribution in [3.63, 3.8) is 0 Å². The number of phosphoric ester groups is 2. The molecule has 0 aromatic heterocycles. The van der Waals surface area contributed by atoms with Crippen molar-refractivity contribution in [1.29, 1.82) is 0 Å². The Hall–Kier alpha value is -1.94. The predicted octanol–water partition coefficient (Wildman–Crippen LogP) is 26.6. The van der Waals surface area contributed by atoms with E-state index in [-0.39, 0.29) is 25.7 Å². The van der Waals surface area contributed by atoms with E-state index in [1.165, 1.54) is 283 Å².